The van der Waals surface area contributed by atoms with Gasteiger partial charge in [0.05, 0.1) is 0 Å². The normalized spacial score (nSPS) is 22.7. The molecule has 0 radical (unpaired) electrons. The summed E-state index contributed by atoms with van der Waals surface area (Å²) >= 11 is 2.06. The predicted octanol–water partition coefficient (Wildman–Crippen LogP) is 1.87. The number of carbonyl (C=O) groups excluding carboxylic acids is 1. The summed E-state index contributed by atoms with van der Waals surface area (Å²) in [6, 6.07) is 2.42. The summed E-state index contributed by atoms with van der Waals surface area (Å²) in [5.41, 5.74) is 0. The molecule has 2 saturated heterocycles. The summed E-state index contributed by atoms with van der Waals surface area (Å²) in [6.07, 6.45) is 6.67. The molecule has 1 unspecified atom stereocenters. The number of aromatic nitrogens is 2. The average Bonchev–Trinajstić information content (AvgIpc) is 3.11. The van der Waals surface area contributed by atoms with E-state index in [2.05, 4.69) is 28.7 Å². The Bertz CT molecular complexity index is 465. The first-order chi connectivity index (χ1) is 10.8. The largest absolute Gasteiger partial charge is 0.341 e. The van der Waals surface area contributed by atoms with Crippen molar-refractivity contribution in [1.82, 2.24) is 19.6 Å². The van der Waals surface area contributed by atoms with Gasteiger partial charge in [-0.15, -0.1) is 0 Å². The highest BCUT2D eigenvalue weighted by Gasteiger charge is 2.31. The van der Waals surface area contributed by atoms with Crippen molar-refractivity contribution in [2.75, 3.05) is 37.7 Å². The van der Waals surface area contributed by atoms with Crippen molar-refractivity contribution >= 4 is 17.7 Å². The van der Waals surface area contributed by atoms with E-state index in [0.29, 0.717) is 6.04 Å². The molecule has 0 bridgehead atoms. The molecule has 2 fully saturated rings. The summed E-state index contributed by atoms with van der Waals surface area (Å²) in [5, 5.41) is 4.25. The van der Waals surface area contributed by atoms with Crippen LogP contribution in [0, 0.1) is 0 Å². The Morgan fingerprint density at radius 2 is 2.00 bits per heavy atom. The monoisotopic (exact) mass is 322 g/mol. The number of amides is 1. The number of piperidine rings is 1. The minimum atomic E-state index is -0.141. The minimum Gasteiger partial charge on any atom is -0.341 e. The molecule has 3 rings (SSSR count). The molecule has 0 spiro atoms. The van der Waals surface area contributed by atoms with Crippen molar-refractivity contribution in [1.29, 1.82) is 0 Å². The third-order valence-corrected chi connectivity index (χ3v) is 5.80. The van der Waals surface area contributed by atoms with Gasteiger partial charge in [-0.3, -0.25) is 14.4 Å². The molecule has 1 aromatic heterocycles. The van der Waals surface area contributed by atoms with Crippen LogP contribution in [0.3, 0.4) is 0 Å². The Kier molecular flexibility index (Phi) is 5.41. The molecule has 6 heteroatoms. The molecule has 0 saturated carbocycles. The second kappa shape index (κ2) is 7.51. The molecule has 3 heterocycles. The molecular weight excluding hydrogens is 296 g/mol. The zero-order valence-electron chi connectivity index (χ0n) is 13.4. The van der Waals surface area contributed by atoms with E-state index in [1.165, 1.54) is 24.6 Å². The van der Waals surface area contributed by atoms with E-state index in [-0.39, 0.29) is 11.9 Å². The highest BCUT2D eigenvalue weighted by molar-refractivity contribution is 7.99. The summed E-state index contributed by atoms with van der Waals surface area (Å²) in [7, 11) is 0. The van der Waals surface area contributed by atoms with E-state index in [9.17, 15) is 4.79 Å². The van der Waals surface area contributed by atoms with Gasteiger partial charge in [-0.1, -0.05) is 6.92 Å². The smallest absolute Gasteiger partial charge is 0.247 e. The third-order valence-electron chi connectivity index (χ3n) is 4.85. The number of nitrogens with zero attached hydrogens (tertiary/aromatic N) is 4. The lowest BCUT2D eigenvalue weighted by molar-refractivity contribution is -0.136. The van der Waals surface area contributed by atoms with Crippen LogP contribution in [0.25, 0.3) is 0 Å². The lowest BCUT2D eigenvalue weighted by atomic mass is 10.0. The molecule has 0 N–H and O–H groups in total. The summed E-state index contributed by atoms with van der Waals surface area (Å²) < 4.78 is 1.80. The first-order valence-electron chi connectivity index (χ1n) is 8.39. The van der Waals surface area contributed by atoms with Crippen LogP contribution in [-0.4, -0.2) is 69.2 Å². The number of rotatable bonds is 4. The van der Waals surface area contributed by atoms with Crippen LogP contribution >= 0.6 is 11.8 Å². The van der Waals surface area contributed by atoms with Gasteiger partial charge >= 0.3 is 0 Å². The third kappa shape index (κ3) is 3.49. The average molecular weight is 322 g/mol. The van der Waals surface area contributed by atoms with Gasteiger partial charge in [0.2, 0.25) is 5.91 Å². The van der Waals surface area contributed by atoms with Crippen molar-refractivity contribution in [2.24, 2.45) is 0 Å². The number of likely N-dealkylation sites (tertiary alicyclic amines) is 1. The fourth-order valence-corrected chi connectivity index (χ4v) is 4.48. The van der Waals surface area contributed by atoms with Crippen LogP contribution in [0.1, 0.15) is 32.2 Å². The fourth-order valence-electron chi connectivity index (χ4n) is 3.54. The van der Waals surface area contributed by atoms with E-state index in [1.807, 2.05) is 17.2 Å². The highest BCUT2D eigenvalue weighted by atomic mass is 32.2. The second-order valence-electron chi connectivity index (χ2n) is 6.11. The standard InChI is InChI=1S/C16H26N4OS/c1-2-15(20-7-3-6-17-20)16(21)19-8-4-14(5-9-19)18-10-12-22-13-11-18/h3,6-7,14-15H,2,4-5,8-13H2,1H3. The second-order valence-corrected chi connectivity index (χ2v) is 7.34. The Hall–Kier alpha value is -1.01. The number of hydrogen-bond donors (Lipinski definition) is 0. The maximum absolute atomic E-state index is 12.8. The Morgan fingerprint density at radius 3 is 2.59 bits per heavy atom. The van der Waals surface area contributed by atoms with Crippen LogP contribution in [-0.2, 0) is 4.79 Å². The first-order valence-corrected chi connectivity index (χ1v) is 9.54. The lowest BCUT2D eigenvalue weighted by Crippen LogP contribution is -2.50. The van der Waals surface area contributed by atoms with E-state index >= 15 is 0 Å². The lowest BCUT2D eigenvalue weighted by Gasteiger charge is -2.40. The predicted molar refractivity (Wildman–Crippen MR) is 90.1 cm³/mol. The molecule has 2 aliphatic heterocycles. The Labute approximate surface area is 137 Å². The van der Waals surface area contributed by atoms with Gasteiger partial charge in [-0.25, -0.2) is 0 Å². The molecule has 22 heavy (non-hydrogen) atoms. The van der Waals surface area contributed by atoms with Crippen LogP contribution in [0.15, 0.2) is 18.5 Å². The number of carbonyl (C=O) groups is 1. The van der Waals surface area contributed by atoms with Crippen LogP contribution in [0.2, 0.25) is 0 Å². The number of hydrogen-bond acceptors (Lipinski definition) is 4. The maximum Gasteiger partial charge on any atom is 0.247 e. The maximum atomic E-state index is 12.8. The summed E-state index contributed by atoms with van der Waals surface area (Å²) in [4.78, 5) is 17.4. The molecule has 0 aliphatic carbocycles. The summed E-state index contributed by atoms with van der Waals surface area (Å²) in [6.45, 7) is 6.28. The quantitative estimate of drug-likeness (QED) is 0.849. The zero-order chi connectivity index (χ0) is 15.4. The molecule has 122 valence electrons. The first kappa shape index (κ1) is 15.9. The van der Waals surface area contributed by atoms with Crippen molar-refractivity contribution in [3.8, 4) is 0 Å². The van der Waals surface area contributed by atoms with Crippen LogP contribution < -0.4 is 0 Å². The van der Waals surface area contributed by atoms with Crippen molar-refractivity contribution in [3.05, 3.63) is 18.5 Å². The van der Waals surface area contributed by atoms with E-state index in [4.69, 9.17) is 0 Å². The molecule has 1 amide bonds. The fraction of sp³-hybridized carbons (Fsp3) is 0.750. The van der Waals surface area contributed by atoms with Crippen LogP contribution in [0.5, 0.6) is 0 Å². The Balaban J connectivity index is 1.55. The Morgan fingerprint density at radius 1 is 1.27 bits per heavy atom. The van der Waals surface area contributed by atoms with E-state index < -0.39 is 0 Å². The van der Waals surface area contributed by atoms with Gasteiger partial charge in [0, 0.05) is 56.1 Å². The summed E-state index contributed by atoms with van der Waals surface area (Å²) in [5.74, 6) is 2.76. The van der Waals surface area contributed by atoms with Crippen LogP contribution in [0.4, 0.5) is 0 Å². The van der Waals surface area contributed by atoms with E-state index in [0.717, 1.165) is 32.4 Å². The van der Waals surface area contributed by atoms with Gasteiger partial charge in [-0.2, -0.15) is 16.9 Å². The molecule has 1 aromatic rings. The van der Waals surface area contributed by atoms with Crippen molar-refractivity contribution in [3.63, 3.8) is 0 Å². The topological polar surface area (TPSA) is 41.4 Å². The van der Waals surface area contributed by atoms with E-state index in [1.54, 1.807) is 10.9 Å². The van der Waals surface area contributed by atoms with Crippen molar-refractivity contribution in [2.45, 2.75) is 38.3 Å². The van der Waals surface area contributed by atoms with Gasteiger partial charge in [0.15, 0.2) is 0 Å². The van der Waals surface area contributed by atoms with Gasteiger partial charge in [-0.05, 0) is 25.3 Å². The highest BCUT2D eigenvalue weighted by Crippen LogP contribution is 2.23. The minimum absolute atomic E-state index is 0.141. The SMILES string of the molecule is CCC(C(=O)N1CCC(N2CCSCC2)CC1)n1cccn1. The molecule has 5 nitrogen and oxygen atoms in total. The molecule has 1 atom stereocenters. The molecule has 0 aromatic carbocycles. The van der Waals surface area contributed by atoms with Gasteiger partial charge in [0.1, 0.15) is 6.04 Å². The number of thioether (sulfide) groups is 1. The van der Waals surface area contributed by atoms with Gasteiger partial charge in [0.25, 0.3) is 0 Å². The van der Waals surface area contributed by atoms with Gasteiger partial charge < -0.3 is 4.90 Å². The zero-order valence-corrected chi connectivity index (χ0v) is 14.2. The van der Waals surface area contributed by atoms with Crippen molar-refractivity contribution < 1.29 is 4.79 Å². The molecular formula is C16H26N4OS. The molecule has 2 aliphatic rings.